The van der Waals surface area contributed by atoms with Crippen LogP contribution in [0.3, 0.4) is 0 Å². The molecule has 86 valence electrons. The van der Waals surface area contributed by atoms with Crippen LogP contribution < -0.4 is 5.32 Å². The molecule has 0 radical (unpaired) electrons. The first-order valence-corrected chi connectivity index (χ1v) is 5.77. The van der Waals surface area contributed by atoms with Gasteiger partial charge in [-0.25, -0.2) is 0 Å². The Bertz CT molecular complexity index is 391. The number of phenolic OH excluding ortho intramolecular Hbond substituents is 1. The summed E-state index contributed by atoms with van der Waals surface area (Å²) in [6.45, 7) is 2.10. The summed E-state index contributed by atoms with van der Waals surface area (Å²) < 4.78 is 0. The number of hydrogen-bond donors (Lipinski definition) is 2. The first kappa shape index (κ1) is 11.0. The third-order valence-corrected chi connectivity index (χ3v) is 3.47. The van der Waals surface area contributed by atoms with E-state index < -0.39 is 0 Å². The Morgan fingerprint density at radius 2 is 2.25 bits per heavy atom. The lowest BCUT2D eigenvalue weighted by molar-refractivity contribution is 0.0820. The van der Waals surface area contributed by atoms with Crippen molar-refractivity contribution >= 4 is 5.91 Å². The molecule has 0 aliphatic heterocycles. The van der Waals surface area contributed by atoms with Gasteiger partial charge in [-0.3, -0.25) is 4.79 Å². The molecule has 1 aliphatic carbocycles. The maximum absolute atomic E-state index is 11.9. The molecule has 3 heteroatoms. The molecule has 0 aromatic heterocycles. The standard InChI is InChI=1S/C13H17NO2/c1-2-13(7-4-8-13)14-12(16)10-5-3-6-11(15)9-10/h3,5-6,9,15H,2,4,7-8H2,1H3,(H,14,16). The van der Waals surface area contributed by atoms with Gasteiger partial charge in [0.2, 0.25) is 0 Å². The number of carbonyl (C=O) groups is 1. The normalized spacial score (nSPS) is 17.6. The number of carbonyl (C=O) groups excluding carboxylic acids is 1. The lowest BCUT2D eigenvalue weighted by atomic mass is 9.74. The van der Waals surface area contributed by atoms with Gasteiger partial charge < -0.3 is 10.4 Å². The molecule has 2 N–H and O–H groups in total. The van der Waals surface area contributed by atoms with Crippen molar-refractivity contribution in [3.05, 3.63) is 29.8 Å². The minimum Gasteiger partial charge on any atom is -0.508 e. The average Bonchev–Trinajstić information content (AvgIpc) is 2.23. The molecule has 1 aromatic carbocycles. The molecule has 2 rings (SSSR count). The van der Waals surface area contributed by atoms with E-state index in [0.29, 0.717) is 5.56 Å². The van der Waals surface area contributed by atoms with Crippen molar-refractivity contribution in [2.24, 2.45) is 0 Å². The minimum atomic E-state index is -0.0857. The molecule has 0 atom stereocenters. The SMILES string of the molecule is CCC1(NC(=O)c2cccc(O)c2)CCC1. The van der Waals surface area contributed by atoms with E-state index in [0.717, 1.165) is 19.3 Å². The third kappa shape index (κ3) is 2.03. The van der Waals surface area contributed by atoms with Crippen molar-refractivity contribution < 1.29 is 9.90 Å². The molecule has 3 nitrogen and oxygen atoms in total. The molecule has 0 unspecified atom stereocenters. The summed E-state index contributed by atoms with van der Waals surface area (Å²) in [6, 6.07) is 6.47. The Balaban J connectivity index is 2.08. The summed E-state index contributed by atoms with van der Waals surface area (Å²) in [7, 11) is 0. The van der Waals surface area contributed by atoms with Crippen molar-refractivity contribution in [1.82, 2.24) is 5.32 Å². The van der Waals surface area contributed by atoms with Crippen LogP contribution in [-0.4, -0.2) is 16.6 Å². The van der Waals surface area contributed by atoms with Crippen molar-refractivity contribution in [3.8, 4) is 5.75 Å². The molecule has 0 heterocycles. The predicted molar refractivity (Wildman–Crippen MR) is 62.4 cm³/mol. The van der Waals surface area contributed by atoms with Gasteiger partial charge in [-0.05, 0) is 43.9 Å². The number of rotatable bonds is 3. The molecule has 16 heavy (non-hydrogen) atoms. The monoisotopic (exact) mass is 219 g/mol. The lowest BCUT2D eigenvalue weighted by Crippen LogP contribution is -2.52. The van der Waals surface area contributed by atoms with Gasteiger partial charge in [0.15, 0.2) is 0 Å². The van der Waals surface area contributed by atoms with E-state index in [2.05, 4.69) is 12.2 Å². The van der Waals surface area contributed by atoms with Crippen LogP contribution in [0.5, 0.6) is 5.75 Å². The highest BCUT2D eigenvalue weighted by molar-refractivity contribution is 5.95. The van der Waals surface area contributed by atoms with Gasteiger partial charge in [0.25, 0.3) is 5.91 Å². The van der Waals surface area contributed by atoms with E-state index in [1.54, 1.807) is 18.2 Å². The summed E-state index contributed by atoms with van der Waals surface area (Å²) >= 11 is 0. The van der Waals surface area contributed by atoms with Crippen molar-refractivity contribution in [2.45, 2.75) is 38.1 Å². The number of phenols is 1. The van der Waals surface area contributed by atoms with E-state index in [-0.39, 0.29) is 17.2 Å². The van der Waals surface area contributed by atoms with Crippen LogP contribution in [0.1, 0.15) is 43.0 Å². The van der Waals surface area contributed by atoms with E-state index in [1.807, 2.05) is 0 Å². The number of hydrogen-bond acceptors (Lipinski definition) is 2. The molecule has 0 spiro atoms. The Morgan fingerprint density at radius 3 is 2.75 bits per heavy atom. The Labute approximate surface area is 95.5 Å². The minimum absolute atomic E-state index is 0.00252. The topological polar surface area (TPSA) is 49.3 Å². The van der Waals surface area contributed by atoms with E-state index in [4.69, 9.17) is 0 Å². The molecule has 1 fully saturated rings. The van der Waals surface area contributed by atoms with Gasteiger partial charge in [0, 0.05) is 11.1 Å². The highest BCUT2D eigenvalue weighted by atomic mass is 16.3. The first-order valence-electron chi connectivity index (χ1n) is 5.77. The van der Waals surface area contributed by atoms with Crippen molar-refractivity contribution in [1.29, 1.82) is 0 Å². The zero-order valence-electron chi connectivity index (χ0n) is 9.49. The van der Waals surface area contributed by atoms with Crippen LogP contribution in [0.25, 0.3) is 0 Å². The summed E-state index contributed by atoms with van der Waals surface area (Å²) in [5.41, 5.74) is 0.530. The fraction of sp³-hybridized carbons (Fsp3) is 0.462. The van der Waals surface area contributed by atoms with E-state index in [1.165, 1.54) is 12.5 Å². The number of nitrogens with one attached hydrogen (secondary N) is 1. The molecular formula is C13H17NO2. The molecular weight excluding hydrogens is 202 g/mol. The first-order chi connectivity index (χ1) is 7.65. The highest BCUT2D eigenvalue weighted by Crippen LogP contribution is 2.34. The zero-order chi connectivity index (χ0) is 11.6. The van der Waals surface area contributed by atoms with Crippen LogP contribution in [0.15, 0.2) is 24.3 Å². The Hall–Kier alpha value is -1.51. The highest BCUT2D eigenvalue weighted by Gasteiger charge is 2.36. The second-order valence-corrected chi connectivity index (χ2v) is 4.49. The van der Waals surface area contributed by atoms with Crippen LogP contribution in [0, 0.1) is 0 Å². The van der Waals surface area contributed by atoms with Crippen LogP contribution in [0.4, 0.5) is 0 Å². The Kier molecular flexibility index (Phi) is 2.86. The Morgan fingerprint density at radius 1 is 1.50 bits per heavy atom. The fourth-order valence-corrected chi connectivity index (χ4v) is 2.13. The number of benzene rings is 1. The van der Waals surface area contributed by atoms with Gasteiger partial charge in [-0.1, -0.05) is 13.0 Å². The van der Waals surface area contributed by atoms with Gasteiger partial charge in [-0.15, -0.1) is 0 Å². The number of amides is 1. The van der Waals surface area contributed by atoms with E-state index >= 15 is 0 Å². The molecule has 0 bridgehead atoms. The molecule has 1 saturated carbocycles. The van der Waals surface area contributed by atoms with Gasteiger partial charge in [-0.2, -0.15) is 0 Å². The lowest BCUT2D eigenvalue weighted by Gasteiger charge is -2.42. The molecule has 1 amide bonds. The zero-order valence-corrected chi connectivity index (χ0v) is 9.49. The average molecular weight is 219 g/mol. The molecule has 0 saturated heterocycles. The van der Waals surface area contributed by atoms with Gasteiger partial charge in [0.1, 0.15) is 5.75 Å². The fourth-order valence-electron chi connectivity index (χ4n) is 2.13. The van der Waals surface area contributed by atoms with Crippen molar-refractivity contribution in [2.75, 3.05) is 0 Å². The largest absolute Gasteiger partial charge is 0.508 e. The van der Waals surface area contributed by atoms with Crippen LogP contribution in [0.2, 0.25) is 0 Å². The predicted octanol–water partition coefficient (Wildman–Crippen LogP) is 2.45. The second-order valence-electron chi connectivity index (χ2n) is 4.49. The molecule has 1 aromatic rings. The summed E-state index contributed by atoms with van der Waals surface area (Å²) in [5, 5.41) is 12.4. The molecule has 1 aliphatic rings. The van der Waals surface area contributed by atoms with Gasteiger partial charge >= 0.3 is 0 Å². The van der Waals surface area contributed by atoms with E-state index in [9.17, 15) is 9.90 Å². The summed E-state index contributed by atoms with van der Waals surface area (Å²) in [5.74, 6) is 0.0456. The summed E-state index contributed by atoms with van der Waals surface area (Å²) in [6.07, 6.45) is 4.29. The maximum atomic E-state index is 11.9. The third-order valence-electron chi connectivity index (χ3n) is 3.47. The second kappa shape index (κ2) is 4.16. The summed E-state index contributed by atoms with van der Waals surface area (Å²) in [4.78, 5) is 11.9. The van der Waals surface area contributed by atoms with Crippen LogP contribution >= 0.6 is 0 Å². The van der Waals surface area contributed by atoms with Crippen molar-refractivity contribution in [3.63, 3.8) is 0 Å². The quantitative estimate of drug-likeness (QED) is 0.820. The smallest absolute Gasteiger partial charge is 0.251 e. The van der Waals surface area contributed by atoms with Crippen LogP contribution in [-0.2, 0) is 0 Å². The maximum Gasteiger partial charge on any atom is 0.251 e. The van der Waals surface area contributed by atoms with Gasteiger partial charge in [0.05, 0.1) is 0 Å². The number of aromatic hydroxyl groups is 1.